The van der Waals surface area contributed by atoms with Crippen molar-refractivity contribution in [2.45, 2.75) is 167 Å². The highest BCUT2D eigenvalue weighted by atomic mass is 31.2. The summed E-state index contributed by atoms with van der Waals surface area (Å²) in [6.45, 7) is 2.10. The van der Waals surface area contributed by atoms with Crippen LogP contribution in [0, 0.1) is 0 Å². The van der Waals surface area contributed by atoms with Gasteiger partial charge in [0, 0.05) is 12.8 Å². The average Bonchev–Trinajstić information content (AvgIpc) is 3.02. The topological polar surface area (TPSA) is 149 Å². The highest BCUT2D eigenvalue weighted by Gasteiger charge is 2.27. The molecule has 3 atom stereocenters. The molecule has 0 aliphatic carbocycles. The molecule has 0 aromatic carbocycles. The third-order valence-electron chi connectivity index (χ3n) is 7.46. The van der Waals surface area contributed by atoms with E-state index in [9.17, 15) is 29.3 Å². The Morgan fingerprint density at radius 3 is 1.36 bits per heavy atom. The molecule has 3 N–H and O–H groups in total. The van der Waals surface area contributed by atoms with Crippen molar-refractivity contribution in [3.63, 3.8) is 0 Å². The summed E-state index contributed by atoms with van der Waals surface area (Å²) in [6, 6.07) is 0. The number of esters is 2. The summed E-state index contributed by atoms with van der Waals surface area (Å²) < 4.78 is 32.3. The number of hydrogen-bond donors (Lipinski definition) is 3. The Morgan fingerprint density at radius 2 is 0.956 bits per heavy atom. The molecule has 45 heavy (non-hydrogen) atoms. The summed E-state index contributed by atoms with van der Waals surface area (Å²) in [5.74, 6) is -1.03. The Kier molecular flexibility index (Phi) is 30.4. The van der Waals surface area contributed by atoms with E-state index in [0.29, 0.717) is 12.8 Å². The van der Waals surface area contributed by atoms with Crippen molar-refractivity contribution in [1.29, 1.82) is 0 Å². The fourth-order valence-electron chi connectivity index (χ4n) is 4.70. The van der Waals surface area contributed by atoms with Gasteiger partial charge in [-0.1, -0.05) is 122 Å². The molecule has 0 rings (SSSR count). The molecular weight excluding hydrogens is 599 g/mol. The van der Waals surface area contributed by atoms with Gasteiger partial charge in [0.05, 0.1) is 26.4 Å². The second kappa shape index (κ2) is 31.3. The molecule has 0 radical (unpaired) electrons. The van der Waals surface area contributed by atoms with Crippen LogP contribution in [0.5, 0.6) is 0 Å². The number of aliphatic hydroxyl groups is 2. The number of phosphoric acid groups is 1. The number of hydrogen-bond acceptors (Lipinski definition) is 9. The minimum atomic E-state index is -4.62. The van der Waals surface area contributed by atoms with Gasteiger partial charge in [-0.15, -0.1) is 0 Å². The fraction of sp³-hybridized carbons (Fsp3) is 0.882. The molecule has 10 nitrogen and oxygen atoms in total. The minimum Gasteiger partial charge on any atom is -0.457 e. The van der Waals surface area contributed by atoms with Gasteiger partial charge >= 0.3 is 19.8 Å². The molecule has 0 spiro atoms. The quantitative estimate of drug-likeness (QED) is 0.0272. The van der Waals surface area contributed by atoms with E-state index in [2.05, 4.69) is 26.0 Å². The summed E-state index contributed by atoms with van der Waals surface area (Å²) >= 11 is 0. The SMILES string of the molecule is CCC/C=C\CCCCCCCC(=O)OC(CO)COP(=O)(O)OCC(CO)OC(=O)CCCCCCCCCCCCCC. The van der Waals surface area contributed by atoms with Gasteiger partial charge in [-0.2, -0.15) is 0 Å². The average molecular weight is 665 g/mol. The van der Waals surface area contributed by atoms with Crippen LogP contribution < -0.4 is 0 Å². The van der Waals surface area contributed by atoms with Gasteiger partial charge in [-0.05, 0) is 32.1 Å². The van der Waals surface area contributed by atoms with Crippen molar-refractivity contribution >= 4 is 19.8 Å². The van der Waals surface area contributed by atoms with Gasteiger partial charge in [0.2, 0.25) is 0 Å². The number of ether oxygens (including phenoxy) is 2. The number of unbranched alkanes of at least 4 members (excludes halogenated alkanes) is 17. The van der Waals surface area contributed by atoms with E-state index in [0.717, 1.165) is 64.2 Å². The number of rotatable bonds is 33. The molecule has 0 fully saturated rings. The first kappa shape index (κ1) is 43.7. The minimum absolute atomic E-state index is 0.184. The Hall–Kier alpha value is -1.29. The first-order chi connectivity index (χ1) is 21.8. The molecule has 0 saturated heterocycles. The molecule has 0 aliphatic rings. The smallest absolute Gasteiger partial charge is 0.457 e. The number of phosphoric ester groups is 1. The van der Waals surface area contributed by atoms with Gasteiger partial charge in [-0.3, -0.25) is 18.6 Å². The van der Waals surface area contributed by atoms with E-state index < -0.39 is 58.4 Å². The zero-order chi connectivity index (χ0) is 33.4. The molecule has 0 heterocycles. The van der Waals surface area contributed by atoms with Crippen molar-refractivity contribution in [2.75, 3.05) is 26.4 Å². The number of carbonyl (C=O) groups excluding carboxylic acids is 2. The Bertz CT molecular complexity index is 776. The van der Waals surface area contributed by atoms with Gasteiger partial charge in [0.15, 0.2) is 0 Å². The van der Waals surface area contributed by atoms with Gasteiger partial charge in [-0.25, -0.2) is 4.57 Å². The van der Waals surface area contributed by atoms with Gasteiger partial charge in [0.1, 0.15) is 12.2 Å². The van der Waals surface area contributed by atoms with Crippen LogP contribution >= 0.6 is 7.82 Å². The highest BCUT2D eigenvalue weighted by molar-refractivity contribution is 7.47. The number of aliphatic hydroxyl groups excluding tert-OH is 2. The molecule has 0 aliphatic heterocycles. The molecular formula is C34H65O10P. The molecule has 0 aromatic rings. The van der Waals surface area contributed by atoms with Crippen molar-refractivity contribution < 1.29 is 47.8 Å². The second-order valence-corrected chi connectivity index (χ2v) is 13.3. The summed E-state index contributed by atoms with van der Waals surface area (Å²) in [4.78, 5) is 34.2. The van der Waals surface area contributed by atoms with Crippen molar-refractivity contribution in [2.24, 2.45) is 0 Å². The lowest BCUT2D eigenvalue weighted by Gasteiger charge is -2.20. The Balaban J connectivity index is 4.02. The van der Waals surface area contributed by atoms with Gasteiger partial charge in [0.25, 0.3) is 0 Å². The first-order valence-electron chi connectivity index (χ1n) is 17.6. The zero-order valence-corrected chi connectivity index (χ0v) is 29.2. The van der Waals surface area contributed by atoms with E-state index in [1.165, 1.54) is 51.4 Å². The van der Waals surface area contributed by atoms with E-state index >= 15 is 0 Å². The molecule has 266 valence electrons. The Labute approximate surface area is 273 Å². The third-order valence-corrected chi connectivity index (χ3v) is 8.41. The van der Waals surface area contributed by atoms with Crippen molar-refractivity contribution in [3.8, 4) is 0 Å². The van der Waals surface area contributed by atoms with Crippen LogP contribution in [0.25, 0.3) is 0 Å². The predicted octanol–water partition coefficient (Wildman–Crippen LogP) is 8.11. The molecule has 0 amide bonds. The lowest BCUT2D eigenvalue weighted by molar-refractivity contribution is -0.153. The fourth-order valence-corrected chi connectivity index (χ4v) is 5.49. The van der Waals surface area contributed by atoms with E-state index in [1.54, 1.807) is 0 Å². The van der Waals surface area contributed by atoms with Crippen LogP contribution in [0.4, 0.5) is 0 Å². The van der Waals surface area contributed by atoms with E-state index in [1.807, 2.05) is 0 Å². The molecule has 3 unspecified atom stereocenters. The monoisotopic (exact) mass is 664 g/mol. The number of allylic oxidation sites excluding steroid dienone is 2. The predicted molar refractivity (Wildman–Crippen MR) is 178 cm³/mol. The lowest BCUT2D eigenvalue weighted by Crippen LogP contribution is -2.28. The summed E-state index contributed by atoms with van der Waals surface area (Å²) in [6.07, 6.45) is 24.9. The summed E-state index contributed by atoms with van der Waals surface area (Å²) in [5.41, 5.74) is 0. The van der Waals surface area contributed by atoms with Crippen LogP contribution in [0.2, 0.25) is 0 Å². The Morgan fingerprint density at radius 1 is 0.578 bits per heavy atom. The second-order valence-electron chi connectivity index (χ2n) is 11.9. The lowest BCUT2D eigenvalue weighted by atomic mass is 10.0. The highest BCUT2D eigenvalue weighted by Crippen LogP contribution is 2.43. The maximum absolute atomic E-state index is 12.3. The maximum atomic E-state index is 12.3. The van der Waals surface area contributed by atoms with Crippen molar-refractivity contribution in [3.05, 3.63) is 12.2 Å². The van der Waals surface area contributed by atoms with Crippen LogP contribution in [0.15, 0.2) is 12.2 Å². The largest absolute Gasteiger partial charge is 0.472 e. The standard InChI is InChI=1S/C34H65O10P/c1-3-5-7-9-11-13-15-16-18-20-22-24-26-34(38)44-32(28-36)30-42-45(39,40)41-29-31(27-35)43-33(37)25-23-21-19-17-14-12-10-8-6-4-2/h8,10,31-32,35-36H,3-7,9,11-30H2,1-2H3,(H,39,40)/b10-8-. The molecule has 11 heteroatoms. The van der Waals surface area contributed by atoms with Crippen molar-refractivity contribution in [1.82, 2.24) is 0 Å². The summed E-state index contributed by atoms with van der Waals surface area (Å²) in [7, 11) is -4.62. The molecule has 0 aromatic heterocycles. The van der Waals surface area contributed by atoms with Crippen LogP contribution in [0.3, 0.4) is 0 Å². The normalized spacial score (nSPS) is 14.3. The van der Waals surface area contributed by atoms with Crippen LogP contribution in [0.1, 0.15) is 155 Å². The maximum Gasteiger partial charge on any atom is 0.472 e. The van der Waals surface area contributed by atoms with E-state index in [-0.39, 0.29) is 12.8 Å². The molecule has 0 bridgehead atoms. The first-order valence-corrected chi connectivity index (χ1v) is 19.1. The third kappa shape index (κ3) is 29.8. The zero-order valence-electron chi connectivity index (χ0n) is 28.3. The van der Waals surface area contributed by atoms with Crippen LogP contribution in [-0.2, 0) is 32.7 Å². The van der Waals surface area contributed by atoms with Gasteiger partial charge < -0.3 is 24.6 Å². The van der Waals surface area contributed by atoms with Crippen LogP contribution in [-0.4, -0.2) is 65.7 Å². The number of carbonyl (C=O) groups is 2. The summed E-state index contributed by atoms with van der Waals surface area (Å²) in [5, 5.41) is 19.0. The molecule has 0 saturated carbocycles. The van der Waals surface area contributed by atoms with E-state index in [4.69, 9.17) is 18.5 Å².